The van der Waals surface area contributed by atoms with Crippen molar-refractivity contribution in [3.63, 3.8) is 0 Å². The van der Waals surface area contributed by atoms with E-state index in [4.69, 9.17) is 0 Å². The van der Waals surface area contributed by atoms with Crippen LogP contribution in [-0.2, 0) is 10.0 Å². The predicted octanol–water partition coefficient (Wildman–Crippen LogP) is 0.842. The highest BCUT2D eigenvalue weighted by molar-refractivity contribution is 7.88. The van der Waals surface area contributed by atoms with Crippen molar-refractivity contribution in [2.24, 2.45) is 0 Å². The van der Waals surface area contributed by atoms with E-state index in [1.165, 1.54) is 10.6 Å². The molecule has 1 aliphatic heterocycles. The average molecular weight is 283 g/mol. The number of nitrogens with zero attached hydrogens (tertiary/aromatic N) is 1. The van der Waals surface area contributed by atoms with Gasteiger partial charge in [0.15, 0.2) is 0 Å². The van der Waals surface area contributed by atoms with Crippen LogP contribution in [0.3, 0.4) is 0 Å². The molecular weight excluding hydrogens is 266 g/mol. The van der Waals surface area contributed by atoms with E-state index in [0.717, 1.165) is 0 Å². The first kappa shape index (κ1) is 13.8. The molecule has 1 aliphatic rings. The first-order valence-electron chi connectivity index (χ1n) is 6.03. The highest BCUT2D eigenvalue weighted by Crippen LogP contribution is 2.13. The Hall–Kier alpha value is -1.60. The Morgan fingerprint density at radius 1 is 1.32 bits per heavy atom. The number of para-hydroxylation sites is 1. The Balaban J connectivity index is 1.84. The molecule has 0 saturated carbocycles. The monoisotopic (exact) mass is 283 g/mol. The zero-order chi connectivity index (χ0) is 13.9. The number of hydrogen-bond donors (Lipinski definition) is 2. The van der Waals surface area contributed by atoms with Crippen molar-refractivity contribution in [1.29, 1.82) is 0 Å². The summed E-state index contributed by atoms with van der Waals surface area (Å²) in [5.74, 6) is 0. The second-order valence-electron chi connectivity index (χ2n) is 4.57. The number of nitrogens with one attached hydrogen (secondary N) is 2. The Labute approximate surface area is 112 Å². The Morgan fingerprint density at radius 3 is 2.58 bits per heavy atom. The van der Waals surface area contributed by atoms with Crippen LogP contribution < -0.4 is 10.6 Å². The van der Waals surface area contributed by atoms with E-state index in [0.29, 0.717) is 25.2 Å². The summed E-state index contributed by atoms with van der Waals surface area (Å²) in [5.41, 5.74) is 0.706. The largest absolute Gasteiger partial charge is 0.334 e. The summed E-state index contributed by atoms with van der Waals surface area (Å²) in [4.78, 5) is 11.7. The summed E-state index contributed by atoms with van der Waals surface area (Å²) < 4.78 is 24.1. The van der Waals surface area contributed by atoms with Gasteiger partial charge < -0.3 is 10.6 Å². The lowest BCUT2D eigenvalue weighted by molar-refractivity contribution is 0.249. The van der Waals surface area contributed by atoms with Crippen molar-refractivity contribution >= 4 is 21.7 Å². The number of amides is 2. The second kappa shape index (κ2) is 5.58. The quantitative estimate of drug-likeness (QED) is 0.863. The third-order valence-corrected chi connectivity index (χ3v) is 4.26. The minimum absolute atomic E-state index is 0.140. The Bertz CT molecular complexity index is 545. The molecular formula is C12H17N3O3S. The standard InChI is InChI=1S/C12H17N3O3S/c1-19(17,18)15-8-7-11(9-15)14-12(16)13-10-5-3-2-4-6-10/h2-6,11H,7-9H2,1H3,(H2,13,14,16). The molecule has 1 aromatic rings. The SMILES string of the molecule is CS(=O)(=O)N1CCC(NC(=O)Nc2ccccc2)C1. The molecule has 1 aromatic carbocycles. The molecule has 19 heavy (non-hydrogen) atoms. The van der Waals surface area contributed by atoms with Gasteiger partial charge in [0.25, 0.3) is 0 Å². The van der Waals surface area contributed by atoms with Crippen LogP contribution in [-0.4, -0.2) is 44.1 Å². The second-order valence-corrected chi connectivity index (χ2v) is 6.55. The van der Waals surface area contributed by atoms with Crippen molar-refractivity contribution in [2.75, 3.05) is 24.7 Å². The fourth-order valence-corrected chi connectivity index (χ4v) is 2.91. The van der Waals surface area contributed by atoms with Gasteiger partial charge in [-0.1, -0.05) is 18.2 Å². The number of anilines is 1. The molecule has 104 valence electrons. The fourth-order valence-electron chi connectivity index (χ4n) is 2.02. The first-order chi connectivity index (χ1) is 8.95. The molecule has 6 nitrogen and oxygen atoms in total. The molecule has 0 aliphatic carbocycles. The predicted molar refractivity (Wildman–Crippen MR) is 73.4 cm³/mol. The molecule has 1 unspecified atom stereocenters. The molecule has 1 fully saturated rings. The molecule has 1 heterocycles. The van der Waals surface area contributed by atoms with Crippen molar-refractivity contribution in [1.82, 2.24) is 9.62 Å². The van der Waals surface area contributed by atoms with E-state index in [9.17, 15) is 13.2 Å². The molecule has 0 aromatic heterocycles. The number of urea groups is 1. The van der Waals surface area contributed by atoms with Crippen LogP contribution in [0.15, 0.2) is 30.3 Å². The maximum atomic E-state index is 11.7. The highest BCUT2D eigenvalue weighted by Gasteiger charge is 2.29. The van der Waals surface area contributed by atoms with Gasteiger partial charge in [-0.25, -0.2) is 17.5 Å². The molecule has 2 rings (SSSR count). The molecule has 0 radical (unpaired) electrons. The minimum Gasteiger partial charge on any atom is -0.334 e. The van der Waals surface area contributed by atoms with Crippen LogP contribution in [0.1, 0.15) is 6.42 Å². The highest BCUT2D eigenvalue weighted by atomic mass is 32.2. The van der Waals surface area contributed by atoms with Gasteiger partial charge >= 0.3 is 6.03 Å². The molecule has 0 bridgehead atoms. The van der Waals surface area contributed by atoms with Crippen LogP contribution in [0.4, 0.5) is 10.5 Å². The van der Waals surface area contributed by atoms with Crippen molar-refractivity contribution in [2.45, 2.75) is 12.5 Å². The lowest BCUT2D eigenvalue weighted by Gasteiger charge is -2.15. The first-order valence-corrected chi connectivity index (χ1v) is 7.87. The van der Waals surface area contributed by atoms with Crippen LogP contribution in [0.25, 0.3) is 0 Å². The van der Waals surface area contributed by atoms with E-state index in [1.54, 1.807) is 12.1 Å². The maximum Gasteiger partial charge on any atom is 0.319 e. The van der Waals surface area contributed by atoms with Gasteiger partial charge in [0.2, 0.25) is 10.0 Å². The molecule has 0 spiro atoms. The lowest BCUT2D eigenvalue weighted by Crippen LogP contribution is -2.40. The molecule has 2 N–H and O–H groups in total. The van der Waals surface area contributed by atoms with Gasteiger partial charge in [-0.05, 0) is 18.6 Å². The number of carbonyl (C=O) groups excluding carboxylic acids is 1. The minimum atomic E-state index is -3.17. The Morgan fingerprint density at radius 2 is 2.00 bits per heavy atom. The number of hydrogen-bond acceptors (Lipinski definition) is 3. The molecule has 7 heteroatoms. The zero-order valence-corrected chi connectivity index (χ0v) is 11.5. The molecule has 2 amide bonds. The van der Waals surface area contributed by atoms with Gasteiger partial charge in [0.05, 0.1) is 6.26 Å². The van der Waals surface area contributed by atoms with Gasteiger partial charge in [-0.15, -0.1) is 0 Å². The normalized spacial score (nSPS) is 20.2. The van der Waals surface area contributed by atoms with Crippen LogP contribution in [0.5, 0.6) is 0 Å². The average Bonchev–Trinajstić information content (AvgIpc) is 2.78. The zero-order valence-electron chi connectivity index (χ0n) is 10.7. The summed E-state index contributed by atoms with van der Waals surface area (Å²) in [7, 11) is -3.17. The van der Waals surface area contributed by atoms with Crippen molar-refractivity contribution in [3.8, 4) is 0 Å². The number of carbonyl (C=O) groups is 1. The van der Waals surface area contributed by atoms with E-state index in [1.807, 2.05) is 18.2 Å². The summed E-state index contributed by atoms with van der Waals surface area (Å²) >= 11 is 0. The summed E-state index contributed by atoms with van der Waals surface area (Å²) in [5, 5.41) is 5.48. The van der Waals surface area contributed by atoms with Crippen molar-refractivity contribution in [3.05, 3.63) is 30.3 Å². The summed E-state index contributed by atoms with van der Waals surface area (Å²) in [6.07, 6.45) is 1.81. The van der Waals surface area contributed by atoms with Crippen LogP contribution >= 0.6 is 0 Å². The van der Waals surface area contributed by atoms with Crippen LogP contribution in [0, 0.1) is 0 Å². The lowest BCUT2D eigenvalue weighted by atomic mass is 10.3. The van der Waals surface area contributed by atoms with Gasteiger partial charge in [0.1, 0.15) is 0 Å². The third kappa shape index (κ3) is 3.93. The maximum absolute atomic E-state index is 11.7. The Kier molecular flexibility index (Phi) is 4.06. The molecule has 1 atom stereocenters. The van der Waals surface area contributed by atoms with Crippen molar-refractivity contribution < 1.29 is 13.2 Å². The van der Waals surface area contributed by atoms with Crippen LogP contribution in [0.2, 0.25) is 0 Å². The summed E-state index contributed by atoms with van der Waals surface area (Å²) in [6.45, 7) is 0.788. The number of sulfonamides is 1. The summed E-state index contributed by atoms with van der Waals surface area (Å²) in [6, 6.07) is 8.65. The molecule has 1 saturated heterocycles. The number of rotatable bonds is 3. The van der Waals surface area contributed by atoms with Gasteiger partial charge in [-0.3, -0.25) is 0 Å². The van der Waals surface area contributed by atoms with E-state index in [2.05, 4.69) is 10.6 Å². The van der Waals surface area contributed by atoms with Gasteiger partial charge in [-0.2, -0.15) is 0 Å². The fraction of sp³-hybridized carbons (Fsp3) is 0.417. The van der Waals surface area contributed by atoms with Gasteiger partial charge in [0, 0.05) is 24.8 Å². The third-order valence-electron chi connectivity index (χ3n) is 2.99. The number of benzene rings is 1. The van der Waals surface area contributed by atoms with E-state index >= 15 is 0 Å². The smallest absolute Gasteiger partial charge is 0.319 e. The van der Waals surface area contributed by atoms with E-state index < -0.39 is 10.0 Å². The van der Waals surface area contributed by atoms with E-state index in [-0.39, 0.29) is 12.1 Å². The topological polar surface area (TPSA) is 78.5 Å².